The quantitative estimate of drug-likeness (QED) is 0.308. The normalized spacial score (nSPS) is 18.1. The van der Waals surface area contributed by atoms with Gasteiger partial charge in [-0.15, -0.1) is 0 Å². The maximum absolute atomic E-state index is 13.0. The minimum Gasteiger partial charge on any atom is -0.335 e. The van der Waals surface area contributed by atoms with Gasteiger partial charge in [-0.1, -0.05) is 85.8 Å². The van der Waals surface area contributed by atoms with Gasteiger partial charge in [0.2, 0.25) is 0 Å². The van der Waals surface area contributed by atoms with Crippen LogP contribution in [0.4, 0.5) is 10.5 Å². The number of hydrogen-bond acceptors (Lipinski definition) is 4. The van der Waals surface area contributed by atoms with Gasteiger partial charge in [-0.2, -0.15) is 0 Å². The molecule has 0 aromatic heterocycles. The van der Waals surface area contributed by atoms with Crippen LogP contribution in [0.2, 0.25) is 0 Å². The van der Waals surface area contributed by atoms with Crippen LogP contribution in [-0.4, -0.2) is 66.9 Å². The zero-order valence-electron chi connectivity index (χ0n) is 24.4. The summed E-state index contributed by atoms with van der Waals surface area (Å²) in [6.45, 7) is 8.13. The Morgan fingerprint density at radius 1 is 0.780 bits per heavy atom. The Kier molecular flexibility index (Phi) is 9.86. The molecule has 6 heteroatoms. The van der Waals surface area contributed by atoms with Gasteiger partial charge in [0.25, 0.3) is 0 Å². The van der Waals surface area contributed by atoms with Crippen molar-refractivity contribution in [2.75, 3.05) is 44.6 Å². The van der Waals surface area contributed by atoms with Crippen LogP contribution >= 0.6 is 0 Å². The molecule has 0 spiro atoms. The van der Waals surface area contributed by atoms with Crippen molar-refractivity contribution in [1.82, 2.24) is 15.1 Å². The number of Topliss-reactive ketones (excluding diaryl/α,β-unsaturated/α-hetero) is 1. The van der Waals surface area contributed by atoms with E-state index >= 15 is 0 Å². The van der Waals surface area contributed by atoms with Crippen molar-refractivity contribution in [3.63, 3.8) is 0 Å². The average molecular weight is 553 g/mol. The predicted molar refractivity (Wildman–Crippen MR) is 167 cm³/mol. The number of rotatable bonds is 10. The summed E-state index contributed by atoms with van der Waals surface area (Å²) in [4.78, 5) is 30.9. The highest BCUT2D eigenvalue weighted by atomic mass is 16.2. The summed E-state index contributed by atoms with van der Waals surface area (Å²) < 4.78 is 0. The third-order valence-corrected chi connectivity index (χ3v) is 9.02. The number of urea groups is 1. The Morgan fingerprint density at radius 2 is 1.37 bits per heavy atom. The molecule has 3 aromatic carbocycles. The van der Waals surface area contributed by atoms with Crippen LogP contribution in [0.1, 0.15) is 51.0 Å². The number of anilines is 1. The summed E-state index contributed by atoms with van der Waals surface area (Å²) in [7, 11) is 0. The summed E-state index contributed by atoms with van der Waals surface area (Å²) in [6.07, 6.45) is 5.50. The molecule has 6 nitrogen and oxygen atoms in total. The van der Waals surface area contributed by atoms with Gasteiger partial charge >= 0.3 is 6.03 Å². The molecule has 2 N–H and O–H groups in total. The van der Waals surface area contributed by atoms with Crippen LogP contribution in [-0.2, 0) is 10.2 Å². The van der Waals surface area contributed by atoms with Gasteiger partial charge < -0.3 is 20.4 Å². The number of amides is 2. The fourth-order valence-corrected chi connectivity index (χ4v) is 6.61. The minimum atomic E-state index is -0.308. The molecule has 216 valence electrons. The molecular weight excluding hydrogens is 508 g/mol. The lowest BCUT2D eigenvalue weighted by molar-refractivity contribution is -0.126. The van der Waals surface area contributed by atoms with Crippen molar-refractivity contribution in [2.45, 2.75) is 56.9 Å². The molecule has 0 aliphatic carbocycles. The van der Waals surface area contributed by atoms with Crippen LogP contribution in [0.3, 0.4) is 0 Å². The minimum absolute atomic E-state index is 0.134. The standard InChI is InChI=1S/C35H44N4O2/c1-2-33(40)35(29-14-7-4-8-15-29)20-26-39(27-21-35)23-11-22-38-24-18-30(19-25-38)36-34(41)37-32-17-10-9-16-31(32)28-12-5-3-6-13-28/h3-10,12-17,30H,2,11,18-27H2,1H3,(H2,36,37,41). The Balaban J connectivity index is 1.02. The third kappa shape index (κ3) is 7.24. The van der Waals surface area contributed by atoms with E-state index < -0.39 is 0 Å². The van der Waals surface area contributed by atoms with E-state index in [1.165, 1.54) is 5.56 Å². The molecule has 0 radical (unpaired) electrons. The van der Waals surface area contributed by atoms with Crippen LogP contribution in [0.5, 0.6) is 0 Å². The third-order valence-electron chi connectivity index (χ3n) is 9.02. The molecule has 41 heavy (non-hydrogen) atoms. The lowest BCUT2D eigenvalue weighted by Gasteiger charge is -2.41. The number of hydrogen-bond donors (Lipinski definition) is 2. The van der Waals surface area contributed by atoms with E-state index in [1.807, 2.05) is 55.5 Å². The van der Waals surface area contributed by atoms with Gasteiger partial charge in [0.1, 0.15) is 5.78 Å². The molecule has 2 aliphatic rings. The molecular formula is C35H44N4O2. The van der Waals surface area contributed by atoms with E-state index in [9.17, 15) is 9.59 Å². The zero-order chi connectivity index (χ0) is 28.5. The number of likely N-dealkylation sites (tertiary alicyclic amines) is 2. The van der Waals surface area contributed by atoms with E-state index in [0.717, 1.165) is 88.2 Å². The largest absolute Gasteiger partial charge is 0.335 e. The molecule has 2 saturated heterocycles. The fraction of sp³-hybridized carbons (Fsp3) is 0.429. The van der Waals surface area contributed by atoms with Gasteiger partial charge in [-0.25, -0.2) is 4.79 Å². The van der Waals surface area contributed by atoms with E-state index in [4.69, 9.17) is 0 Å². The lowest BCUT2D eigenvalue weighted by atomic mass is 9.69. The zero-order valence-corrected chi connectivity index (χ0v) is 24.4. The Morgan fingerprint density at radius 3 is 2.02 bits per heavy atom. The number of ketones is 1. The van der Waals surface area contributed by atoms with Gasteiger partial charge in [0, 0.05) is 31.1 Å². The maximum Gasteiger partial charge on any atom is 0.319 e. The summed E-state index contributed by atoms with van der Waals surface area (Å²) in [5, 5.41) is 6.27. The van der Waals surface area contributed by atoms with E-state index in [0.29, 0.717) is 12.2 Å². The van der Waals surface area contributed by atoms with Crippen molar-refractivity contribution < 1.29 is 9.59 Å². The highest BCUT2D eigenvalue weighted by Crippen LogP contribution is 2.37. The van der Waals surface area contributed by atoms with Crippen molar-refractivity contribution in [2.24, 2.45) is 0 Å². The maximum atomic E-state index is 13.0. The number of benzene rings is 3. The summed E-state index contributed by atoms with van der Waals surface area (Å²) in [6, 6.07) is 28.6. The Labute approximate surface area is 245 Å². The average Bonchev–Trinajstić information content (AvgIpc) is 3.03. The predicted octanol–water partition coefficient (Wildman–Crippen LogP) is 6.34. The lowest BCUT2D eigenvalue weighted by Crippen LogP contribution is -2.48. The molecule has 2 fully saturated rings. The first-order chi connectivity index (χ1) is 20.1. The van der Waals surface area contributed by atoms with E-state index in [2.05, 4.69) is 56.8 Å². The summed E-state index contributed by atoms with van der Waals surface area (Å²) in [5.74, 6) is 0.383. The number of carbonyl (C=O) groups excluding carboxylic acids is 2. The fourth-order valence-electron chi connectivity index (χ4n) is 6.61. The molecule has 0 atom stereocenters. The Hall–Kier alpha value is -3.48. The molecule has 0 unspecified atom stereocenters. The molecule has 0 saturated carbocycles. The molecule has 2 amide bonds. The second-order valence-corrected chi connectivity index (χ2v) is 11.5. The van der Waals surface area contributed by atoms with Crippen LogP contribution in [0.25, 0.3) is 11.1 Å². The molecule has 0 bridgehead atoms. The van der Waals surface area contributed by atoms with Crippen molar-refractivity contribution in [1.29, 1.82) is 0 Å². The van der Waals surface area contributed by atoms with Crippen molar-refractivity contribution in [3.8, 4) is 11.1 Å². The topological polar surface area (TPSA) is 64.7 Å². The molecule has 5 rings (SSSR count). The summed E-state index contributed by atoms with van der Waals surface area (Å²) in [5.41, 5.74) is 3.82. The summed E-state index contributed by atoms with van der Waals surface area (Å²) >= 11 is 0. The van der Waals surface area contributed by atoms with Gasteiger partial charge in [-0.3, -0.25) is 4.79 Å². The molecule has 3 aromatic rings. The second kappa shape index (κ2) is 13.9. The number of nitrogens with one attached hydrogen (secondary N) is 2. The monoisotopic (exact) mass is 552 g/mol. The van der Waals surface area contributed by atoms with Crippen LogP contribution in [0, 0.1) is 0 Å². The van der Waals surface area contributed by atoms with Gasteiger partial charge in [0.15, 0.2) is 0 Å². The number of carbonyl (C=O) groups is 2. The first-order valence-corrected chi connectivity index (χ1v) is 15.3. The number of para-hydroxylation sites is 1. The smallest absolute Gasteiger partial charge is 0.319 e. The number of piperidine rings is 2. The SMILES string of the molecule is CCC(=O)C1(c2ccccc2)CCN(CCCN2CCC(NC(=O)Nc3ccccc3-c3ccccc3)CC2)CC1. The first-order valence-electron chi connectivity index (χ1n) is 15.3. The van der Waals surface area contributed by atoms with Gasteiger partial charge in [0.05, 0.1) is 11.1 Å². The Bertz CT molecular complexity index is 1260. The second-order valence-electron chi connectivity index (χ2n) is 11.5. The molecule has 2 heterocycles. The highest BCUT2D eigenvalue weighted by Gasteiger charge is 2.41. The first kappa shape index (κ1) is 29.0. The van der Waals surface area contributed by atoms with Gasteiger partial charge in [-0.05, 0) is 75.5 Å². The van der Waals surface area contributed by atoms with E-state index in [-0.39, 0.29) is 17.5 Å². The molecule has 2 aliphatic heterocycles. The van der Waals surface area contributed by atoms with Crippen LogP contribution < -0.4 is 10.6 Å². The van der Waals surface area contributed by atoms with Crippen LogP contribution in [0.15, 0.2) is 84.9 Å². The highest BCUT2D eigenvalue weighted by molar-refractivity contribution is 5.94. The van der Waals surface area contributed by atoms with Crippen molar-refractivity contribution in [3.05, 3.63) is 90.5 Å². The number of nitrogens with zero attached hydrogens (tertiary/aromatic N) is 2. The van der Waals surface area contributed by atoms with Crippen molar-refractivity contribution >= 4 is 17.5 Å². The van der Waals surface area contributed by atoms with E-state index in [1.54, 1.807) is 0 Å².